The highest BCUT2D eigenvalue weighted by Crippen LogP contribution is 2.29. The Bertz CT molecular complexity index is 1290. The maximum Gasteiger partial charge on any atom is 0.264 e. The second-order valence-electron chi connectivity index (χ2n) is 8.34. The van der Waals surface area contributed by atoms with E-state index in [0.29, 0.717) is 18.9 Å². The highest BCUT2D eigenvalue weighted by atomic mass is 32.2. The summed E-state index contributed by atoms with van der Waals surface area (Å²) < 4.78 is 49.2. The topological polar surface area (TPSA) is 111 Å². The van der Waals surface area contributed by atoms with Crippen molar-refractivity contribution in [3.63, 3.8) is 0 Å². The van der Waals surface area contributed by atoms with Gasteiger partial charge in [-0.3, -0.25) is 4.79 Å². The van der Waals surface area contributed by atoms with Crippen LogP contribution >= 0.6 is 11.5 Å². The molecule has 4 heterocycles. The molecule has 0 radical (unpaired) electrons. The molecule has 2 aliphatic rings. The van der Waals surface area contributed by atoms with E-state index in [0.717, 1.165) is 43.4 Å². The Morgan fingerprint density at radius 1 is 1.18 bits per heavy atom. The second-order valence-corrected chi connectivity index (χ2v) is 11.1. The van der Waals surface area contributed by atoms with Crippen molar-refractivity contribution in [2.45, 2.75) is 36.3 Å². The minimum atomic E-state index is -3.52. The Labute approximate surface area is 200 Å². The summed E-state index contributed by atoms with van der Waals surface area (Å²) in [6.07, 6.45) is 5.72. The standard InChI is InChI=1S/C21H23FN6O4S2/c1-34(30,31)15-3-4-17(16(22)13-15)32-18-7-12-27(19(18)29)14-5-10-26(11-6-14)21-24-20(25-33-21)28-9-2-8-23-28/h2-4,8-9,13-14,18H,5-7,10-12H2,1H3. The van der Waals surface area contributed by atoms with E-state index in [1.54, 1.807) is 17.1 Å². The Hall–Kier alpha value is -3.06. The summed E-state index contributed by atoms with van der Waals surface area (Å²) in [6, 6.07) is 5.36. The molecule has 1 unspecified atom stereocenters. The first kappa shape index (κ1) is 22.7. The fraction of sp³-hybridized carbons (Fsp3) is 0.429. The van der Waals surface area contributed by atoms with Gasteiger partial charge in [0.2, 0.25) is 5.13 Å². The number of hydrogen-bond acceptors (Lipinski definition) is 9. The maximum absolute atomic E-state index is 14.4. The number of aromatic nitrogens is 4. The molecule has 1 atom stereocenters. The zero-order chi connectivity index (χ0) is 23.9. The van der Waals surface area contributed by atoms with Crippen molar-refractivity contribution in [3.05, 3.63) is 42.5 Å². The number of amides is 1. The van der Waals surface area contributed by atoms with Crippen LogP contribution in [-0.4, -0.2) is 76.4 Å². The number of piperidine rings is 1. The van der Waals surface area contributed by atoms with Gasteiger partial charge in [0.25, 0.3) is 11.9 Å². The lowest BCUT2D eigenvalue weighted by molar-refractivity contribution is -0.135. The highest BCUT2D eigenvalue weighted by Gasteiger charge is 2.39. The van der Waals surface area contributed by atoms with Crippen molar-refractivity contribution >= 4 is 32.4 Å². The number of hydrogen-bond donors (Lipinski definition) is 0. The van der Waals surface area contributed by atoms with Crippen LogP contribution in [0.15, 0.2) is 41.6 Å². The van der Waals surface area contributed by atoms with Crippen molar-refractivity contribution in [2.75, 3.05) is 30.8 Å². The molecule has 2 saturated heterocycles. The smallest absolute Gasteiger partial charge is 0.264 e. The number of likely N-dealkylation sites (tertiary alicyclic amines) is 1. The Morgan fingerprint density at radius 2 is 1.97 bits per heavy atom. The number of anilines is 1. The maximum atomic E-state index is 14.4. The van der Waals surface area contributed by atoms with Crippen LogP contribution in [0.3, 0.4) is 0 Å². The Kier molecular flexibility index (Phi) is 5.98. The lowest BCUT2D eigenvalue weighted by Gasteiger charge is -2.36. The van der Waals surface area contributed by atoms with Gasteiger partial charge in [0.1, 0.15) is 0 Å². The predicted molar refractivity (Wildman–Crippen MR) is 123 cm³/mol. The third-order valence-corrected chi connectivity index (χ3v) is 7.96. The molecule has 2 aromatic heterocycles. The molecule has 2 aliphatic heterocycles. The minimum absolute atomic E-state index is 0.0771. The highest BCUT2D eigenvalue weighted by molar-refractivity contribution is 7.90. The van der Waals surface area contributed by atoms with Gasteiger partial charge < -0.3 is 14.5 Å². The lowest BCUT2D eigenvalue weighted by Crippen LogP contribution is -2.47. The first-order valence-electron chi connectivity index (χ1n) is 10.8. The van der Waals surface area contributed by atoms with Gasteiger partial charge in [-0.2, -0.15) is 10.1 Å². The molecular formula is C21H23FN6O4S2. The molecule has 0 saturated carbocycles. The van der Waals surface area contributed by atoms with E-state index in [2.05, 4.69) is 19.4 Å². The summed E-state index contributed by atoms with van der Waals surface area (Å²) in [5.74, 6) is -0.541. The zero-order valence-electron chi connectivity index (χ0n) is 18.4. The van der Waals surface area contributed by atoms with Crippen LogP contribution in [0, 0.1) is 5.82 Å². The molecule has 180 valence electrons. The molecule has 0 spiro atoms. The summed E-state index contributed by atoms with van der Waals surface area (Å²) >= 11 is 1.32. The van der Waals surface area contributed by atoms with Crippen LogP contribution in [0.2, 0.25) is 0 Å². The Morgan fingerprint density at radius 3 is 2.65 bits per heavy atom. The predicted octanol–water partition coefficient (Wildman–Crippen LogP) is 1.92. The van der Waals surface area contributed by atoms with Crippen LogP contribution < -0.4 is 9.64 Å². The van der Waals surface area contributed by atoms with E-state index in [1.165, 1.54) is 23.7 Å². The third kappa shape index (κ3) is 4.49. The van der Waals surface area contributed by atoms with Crippen molar-refractivity contribution in [2.24, 2.45) is 0 Å². The van der Waals surface area contributed by atoms with Gasteiger partial charge in [-0.05, 0) is 37.1 Å². The largest absolute Gasteiger partial charge is 0.477 e. The van der Waals surface area contributed by atoms with Crippen molar-refractivity contribution in [3.8, 4) is 11.7 Å². The normalized spacial score (nSPS) is 19.7. The van der Waals surface area contributed by atoms with Gasteiger partial charge in [-0.25, -0.2) is 17.5 Å². The van der Waals surface area contributed by atoms with Gasteiger partial charge in [-0.1, -0.05) is 0 Å². The van der Waals surface area contributed by atoms with Crippen LogP contribution in [0.25, 0.3) is 5.95 Å². The van der Waals surface area contributed by atoms with Crippen molar-refractivity contribution in [1.29, 1.82) is 0 Å². The molecule has 1 amide bonds. The lowest BCUT2D eigenvalue weighted by atomic mass is 10.0. The van der Waals surface area contributed by atoms with Crippen molar-refractivity contribution < 1.29 is 22.3 Å². The molecule has 3 aromatic rings. The van der Waals surface area contributed by atoms with Gasteiger partial charge in [0.05, 0.1) is 4.90 Å². The van der Waals surface area contributed by atoms with Gasteiger partial charge in [0, 0.05) is 62.3 Å². The number of rotatable bonds is 6. The first-order valence-corrected chi connectivity index (χ1v) is 13.5. The van der Waals surface area contributed by atoms with Crippen LogP contribution in [-0.2, 0) is 14.6 Å². The number of carbonyl (C=O) groups excluding carboxylic acids is 1. The molecule has 0 N–H and O–H groups in total. The van der Waals surface area contributed by atoms with E-state index >= 15 is 0 Å². The van der Waals surface area contributed by atoms with E-state index in [1.807, 2.05) is 11.0 Å². The van der Waals surface area contributed by atoms with Crippen LogP contribution in [0.4, 0.5) is 9.52 Å². The van der Waals surface area contributed by atoms with E-state index in [4.69, 9.17) is 4.74 Å². The molecule has 5 rings (SSSR count). The Balaban J connectivity index is 1.18. The monoisotopic (exact) mass is 506 g/mol. The number of nitrogens with zero attached hydrogens (tertiary/aromatic N) is 6. The number of benzene rings is 1. The first-order chi connectivity index (χ1) is 16.3. The molecule has 10 nitrogen and oxygen atoms in total. The minimum Gasteiger partial charge on any atom is -0.477 e. The van der Waals surface area contributed by atoms with Crippen LogP contribution in [0.1, 0.15) is 19.3 Å². The van der Waals surface area contributed by atoms with Gasteiger partial charge >= 0.3 is 0 Å². The molecule has 0 bridgehead atoms. The molecule has 34 heavy (non-hydrogen) atoms. The summed E-state index contributed by atoms with van der Waals surface area (Å²) in [4.78, 5) is 21.4. The van der Waals surface area contributed by atoms with E-state index < -0.39 is 21.8 Å². The molecule has 0 aliphatic carbocycles. The number of ether oxygens (including phenoxy) is 1. The van der Waals surface area contributed by atoms with Crippen LogP contribution in [0.5, 0.6) is 5.75 Å². The second kappa shape index (κ2) is 8.95. The zero-order valence-corrected chi connectivity index (χ0v) is 20.0. The van der Waals surface area contributed by atoms with E-state index in [-0.39, 0.29) is 22.6 Å². The average molecular weight is 507 g/mol. The summed E-state index contributed by atoms with van der Waals surface area (Å²) in [6.45, 7) is 2.03. The van der Waals surface area contributed by atoms with Gasteiger partial charge in [0.15, 0.2) is 27.5 Å². The molecule has 2 fully saturated rings. The quantitative estimate of drug-likeness (QED) is 0.499. The number of sulfone groups is 1. The number of carbonyl (C=O) groups is 1. The van der Waals surface area contributed by atoms with E-state index in [9.17, 15) is 17.6 Å². The third-order valence-electron chi connectivity index (χ3n) is 6.08. The fourth-order valence-electron chi connectivity index (χ4n) is 4.29. The number of halogens is 1. The van der Waals surface area contributed by atoms with Gasteiger partial charge in [-0.15, -0.1) is 4.37 Å². The molecule has 13 heteroatoms. The summed E-state index contributed by atoms with van der Waals surface area (Å²) in [5, 5.41) is 4.97. The summed E-state index contributed by atoms with van der Waals surface area (Å²) in [7, 11) is -3.52. The fourth-order valence-corrected chi connectivity index (χ4v) is 5.63. The summed E-state index contributed by atoms with van der Waals surface area (Å²) in [5.41, 5.74) is 0. The van der Waals surface area contributed by atoms with Crippen molar-refractivity contribution in [1.82, 2.24) is 24.0 Å². The molecular weight excluding hydrogens is 483 g/mol. The average Bonchev–Trinajstić information content (AvgIpc) is 3.56. The SMILES string of the molecule is CS(=O)(=O)c1ccc(OC2CCN(C3CCN(c4nc(-n5cccn5)ns4)CC3)C2=O)c(F)c1. The molecule has 1 aromatic carbocycles.